The highest BCUT2D eigenvalue weighted by Gasteiger charge is 2.22. The van der Waals surface area contributed by atoms with Crippen LogP contribution in [0.3, 0.4) is 0 Å². The monoisotopic (exact) mass is 218 g/mol. The molecule has 16 heavy (non-hydrogen) atoms. The van der Waals surface area contributed by atoms with Crippen molar-refractivity contribution >= 4 is 5.91 Å². The van der Waals surface area contributed by atoms with Gasteiger partial charge in [-0.3, -0.25) is 4.79 Å². The molecule has 1 fully saturated rings. The second-order valence-electron chi connectivity index (χ2n) is 4.50. The lowest BCUT2D eigenvalue weighted by molar-refractivity contribution is -0.124. The van der Waals surface area contributed by atoms with E-state index in [-0.39, 0.29) is 11.9 Å². The summed E-state index contributed by atoms with van der Waals surface area (Å²) in [5, 5.41) is 6.09. The average molecular weight is 218 g/mol. The maximum Gasteiger partial charge on any atom is 0.241 e. The Morgan fingerprint density at radius 2 is 1.88 bits per heavy atom. The van der Waals surface area contributed by atoms with Crippen LogP contribution in [0.25, 0.3) is 0 Å². The largest absolute Gasteiger partial charge is 0.353 e. The van der Waals surface area contributed by atoms with Crippen molar-refractivity contribution < 1.29 is 4.79 Å². The Hall–Kier alpha value is -1.35. The zero-order valence-corrected chi connectivity index (χ0v) is 9.79. The lowest BCUT2D eigenvalue weighted by Crippen LogP contribution is -2.47. The van der Waals surface area contributed by atoms with Gasteiger partial charge in [-0.15, -0.1) is 0 Å². The van der Waals surface area contributed by atoms with E-state index in [1.54, 1.807) is 0 Å². The quantitative estimate of drug-likeness (QED) is 0.791. The number of nitrogens with one attached hydrogen (secondary N) is 2. The third-order valence-corrected chi connectivity index (χ3v) is 2.97. The predicted molar refractivity (Wildman–Crippen MR) is 64.3 cm³/mol. The fraction of sp³-hybridized carbons (Fsp3) is 0.462. The van der Waals surface area contributed by atoms with Gasteiger partial charge in [-0.25, -0.2) is 0 Å². The van der Waals surface area contributed by atoms with Crippen molar-refractivity contribution in [2.75, 3.05) is 13.1 Å². The molecule has 3 heteroatoms. The van der Waals surface area contributed by atoms with Gasteiger partial charge < -0.3 is 10.6 Å². The first-order valence-corrected chi connectivity index (χ1v) is 5.79. The van der Waals surface area contributed by atoms with Gasteiger partial charge in [-0.2, -0.15) is 0 Å². The molecule has 86 valence electrons. The van der Waals surface area contributed by atoms with Gasteiger partial charge in [0.25, 0.3) is 0 Å². The molecule has 1 aromatic carbocycles. The summed E-state index contributed by atoms with van der Waals surface area (Å²) in [7, 11) is 0. The minimum atomic E-state index is -0.185. The third kappa shape index (κ3) is 2.25. The highest BCUT2D eigenvalue weighted by Crippen LogP contribution is 2.19. The van der Waals surface area contributed by atoms with Crippen LogP contribution in [0.15, 0.2) is 24.3 Å². The van der Waals surface area contributed by atoms with E-state index in [1.165, 1.54) is 5.56 Å². The molecule has 3 nitrogen and oxygen atoms in total. The summed E-state index contributed by atoms with van der Waals surface area (Å²) in [6.45, 7) is 5.89. The van der Waals surface area contributed by atoms with Gasteiger partial charge in [0.2, 0.25) is 5.91 Å². The first-order valence-electron chi connectivity index (χ1n) is 5.79. The summed E-state index contributed by atoms with van der Waals surface area (Å²) in [5.74, 6) is 0.603. The topological polar surface area (TPSA) is 41.1 Å². The van der Waals surface area contributed by atoms with E-state index in [0.717, 1.165) is 18.7 Å². The van der Waals surface area contributed by atoms with Crippen molar-refractivity contribution in [3.05, 3.63) is 35.4 Å². The van der Waals surface area contributed by atoms with Crippen molar-refractivity contribution in [3.63, 3.8) is 0 Å². The molecule has 1 amide bonds. The normalized spacial score (nSPS) is 20.9. The predicted octanol–water partition coefficient (Wildman–Crippen LogP) is 1.57. The molecule has 2 rings (SSSR count). The number of carbonyl (C=O) groups is 1. The van der Waals surface area contributed by atoms with Crippen LogP contribution in [-0.2, 0) is 4.79 Å². The fourth-order valence-electron chi connectivity index (χ4n) is 1.94. The maximum atomic E-state index is 11.6. The Bertz CT molecular complexity index is 370. The van der Waals surface area contributed by atoms with E-state index in [0.29, 0.717) is 5.92 Å². The lowest BCUT2D eigenvalue weighted by Gasteiger charge is -2.24. The third-order valence-electron chi connectivity index (χ3n) is 2.97. The van der Waals surface area contributed by atoms with Crippen LogP contribution in [0.4, 0.5) is 0 Å². The molecule has 1 atom stereocenters. The summed E-state index contributed by atoms with van der Waals surface area (Å²) < 4.78 is 0. The number of benzene rings is 1. The maximum absolute atomic E-state index is 11.6. The minimum Gasteiger partial charge on any atom is -0.353 e. The molecule has 0 aliphatic carbocycles. The molecule has 0 aromatic heterocycles. The first-order chi connectivity index (χ1) is 7.68. The number of rotatable bonds is 2. The van der Waals surface area contributed by atoms with Crippen molar-refractivity contribution in [2.24, 2.45) is 0 Å². The van der Waals surface area contributed by atoms with Crippen LogP contribution in [0, 0.1) is 0 Å². The highest BCUT2D eigenvalue weighted by atomic mass is 16.2. The second kappa shape index (κ2) is 4.66. The van der Waals surface area contributed by atoms with Crippen LogP contribution < -0.4 is 10.6 Å². The van der Waals surface area contributed by atoms with Gasteiger partial charge in [0.1, 0.15) is 6.04 Å². The molecule has 2 N–H and O–H groups in total. The summed E-state index contributed by atoms with van der Waals surface area (Å²) in [5.41, 5.74) is 2.35. The molecular weight excluding hydrogens is 200 g/mol. The lowest BCUT2D eigenvalue weighted by atomic mass is 9.98. The summed E-state index contributed by atoms with van der Waals surface area (Å²) in [4.78, 5) is 11.6. The van der Waals surface area contributed by atoms with Crippen molar-refractivity contribution in [1.82, 2.24) is 10.6 Å². The van der Waals surface area contributed by atoms with E-state index in [1.807, 2.05) is 12.1 Å². The van der Waals surface area contributed by atoms with E-state index in [4.69, 9.17) is 0 Å². The molecule has 0 spiro atoms. The number of piperazine rings is 1. The van der Waals surface area contributed by atoms with Crippen molar-refractivity contribution in [1.29, 1.82) is 0 Å². The molecule has 1 aliphatic heterocycles. The number of carbonyl (C=O) groups excluding carboxylic acids is 1. The standard InChI is InChI=1S/C13H18N2O/c1-9(2)10-3-5-11(6-4-10)12-13(16)15-8-7-14-12/h3-6,9,12,14H,7-8H2,1-2H3,(H,15,16)/t12-/m0/s1. The van der Waals surface area contributed by atoms with Gasteiger partial charge in [-0.05, 0) is 17.0 Å². The number of amides is 1. The van der Waals surface area contributed by atoms with Crippen LogP contribution in [0.2, 0.25) is 0 Å². The minimum absolute atomic E-state index is 0.0727. The Morgan fingerprint density at radius 3 is 2.44 bits per heavy atom. The van der Waals surface area contributed by atoms with Crippen LogP contribution in [-0.4, -0.2) is 19.0 Å². The van der Waals surface area contributed by atoms with Gasteiger partial charge in [0, 0.05) is 13.1 Å². The Morgan fingerprint density at radius 1 is 1.19 bits per heavy atom. The van der Waals surface area contributed by atoms with Crippen LogP contribution in [0.1, 0.15) is 36.9 Å². The van der Waals surface area contributed by atoms with E-state index >= 15 is 0 Å². The molecular formula is C13H18N2O. The van der Waals surface area contributed by atoms with Gasteiger partial charge in [0.15, 0.2) is 0 Å². The van der Waals surface area contributed by atoms with E-state index in [2.05, 4.69) is 36.6 Å². The van der Waals surface area contributed by atoms with Gasteiger partial charge in [-0.1, -0.05) is 38.1 Å². The fourth-order valence-corrected chi connectivity index (χ4v) is 1.94. The summed E-state index contributed by atoms with van der Waals surface area (Å²) in [6, 6.07) is 8.10. The second-order valence-corrected chi connectivity index (χ2v) is 4.50. The van der Waals surface area contributed by atoms with E-state index < -0.39 is 0 Å². The van der Waals surface area contributed by atoms with Crippen molar-refractivity contribution in [2.45, 2.75) is 25.8 Å². The number of hydrogen-bond acceptors (Lipinski definition) is 2. The molecule has 0 unspecified atom stereocenters. The van der Waals surface area contributed by atoms with Gasteiger partial charge >= 0.3 is 0 Å². The molecule has 0 radical (unpaired) electrons. The zero-order valence-electron chi connectivity index (χ0n) is 9.79. The summed E-state index contributed by atoms with van der Waals surface area (Å²) in [6.07, 6.45) is 0. The van der Waals surface area contributed by atoms with Crippen molar-refractivity contribution in [3.8, 4) is 0 Å². The molecule has 1 saturated heterocycles. The molecule has 1 aliphatic rings. The van der Waals surface area contributed by atoms with Gasteiger partial charge in [0.05, 0.1) is 0 Å². The molecule has 0 bridgehead atoms. The zero-order chi connectivity index (χ0) is 11.5. The first kappa shape index (κ1) is 11.1. The Kier molecular flexibility index (Phi) is 3.25. The van der Waals surface area contributed by atoms with E-state index in [9.17, 15) is 4.79 Å². The van der Waals surface area contributed by atoms with Crippen LogP contribution in [0.5, 0.6) is 0 Å². The Balaban J connectivity index is 2.17. The Labute approximate surface area is 96.2 Å². The molecule has 0 saturated carbocycles. The molecule has 1 heterocycles. The summed E-state index contributed by atoms with van der Waals surface area (Å²) >= 11 is 0. The smallest absolute Gasteiger partial charge is 0.241 e. The average Bonchev–Trinajstić information content (AvgIpc) is 2.30. The SMILES string of the molecule is CC(C)c1ccc([C@@H]2NCCNC2=O)cc1. The highest BCUT2D eigenvalue weighted by molar-refractivity contribution is 5.83. The molecule has 1 aromatic rings. The van der Waals surface area contributed by atoms with Crippen LogP contribution >= 0.6 is 0 Å². The number of hydrogen-bond donors (Lipinski definition) is 2.